The van der Waals surface area contributed by atoms with Crippen molar-refractivity contribution in [3.8, 4) is 5.75 Å². The summed E-state index contributed by atoms with van der Waals surface area (Å²) in [6, 6.07) is 11.6. The summed E-state index contributed by atoms with van der Waals surface area (Å²) in [5.41, 5.74) is 2.12. The smallest absolute Gasteiger partial charge is 0.264 e. The summed E-state index contributed by atoms with van der Waals surface area (Å²) >= 11 is 0. The van der Waals surface area contributed by atoms with Crippen molar-refractivity contribution in [2.75, 3.05) is 23.9 Å². The van der Waals surface area contributed by atoms with Crippen LogP contribution in [0.25, 0.3) is 0 Å². The summed E-state index contributed by atoms with van der Waals surface area (Å²) in [5.74, 6) is 0.319. The number of hydrogen-bond donors (Lipinski definition) is 1. The number of para-hydroxylation sites is 1. The second-order valence-corrected chi connectivity index (χ2v) is 7.53. The number of halogens is 1. The van der Waals surface area contributed by atoms with E-state index in [9.17, 15) is 14.0 Å². The average Bonchev–Trinajstić information content (AvgIpc) is 2.65. The summed E-state index contributed by atoms with van der Waals surface area (Å²) in [5, 5.41) is 2.91. The number of anilines is 2. The zero-order valence-corrected chi connectivity index (χ0v) is 16.4. The van der Waals surface area contributed by atoms with Gasteiger partial charge in [-0.25, -0.2) is 4.39 Å². The van der Waals surface area contributed by atoms with Crippen molar-refractivity contribution in [3.05, 3.63) is 53.8 Å². The minimum atomic E-state index is -0.289. The zero-order valence-electron chi connectivity index (χ0n) is 16.4. The van der Waals surface area contributed by atoms with Gasteiger partial charge in [0.1, 0.15) is 5.82 Å². The molecule has 3 rings (SSSR count). The van der Waals surface area contributed by atoms with Gasteiger partial charge < -0.3 is 15.0 Å². The van der Waals surface area contributed by atoms with Crippen LogP contribution < -0.4 is 15.0 Å². The molecule has 1 N–H and O–H groups in total. The van der Waals surface area contributed by atoms with Gasteiger partial charge in [0, 0.05) is 13.5 Å². The number of hydrogen-bond acceptors (Lipinski definition) is 3. The first-order valence-corrected chi connectivity index (χ1v) is 9.43. The van der Waals surface area contributed by atoms with E-state index in [4.69, 9.17) is 4.74 Å². The van der Waals surface area contributed by atoms with Crippen LogP contribution in [0.3, 0.4) is 0 Å². The third kappa shape index (κ3) is 4.50. The third-order valence-electron chi connectivity index (χ3n) is 4.87. The number of fused-ring (bicyclic) bond motifs is 1. The van der Waals surface area contributed by atoms with Gasteiger partial charge in [-0.1, -0.05) is 32.0 Å². The van der Waals surface area contributed by atoms with E-state index < -0.39 is 0 Å². The van der Waals surface area contributed by atoms with Crippen molar-refractivity contribution in [1.29, 1.82) is 0 Å². The average molecular weight is 384 g/mol. The van der Waals surface area contributed by atoms with Gasteiger partial charge >= 0.3 is 0 Å². The lowest BCUT2D eigenvalue weighted by atomic mass is 9.87. The van der Waals surface area contributed by atoms with Crippen molar-refractivity contribution in [3.63, 3.8) is 0 Å². The summed E-state index contributed by atoms with van der Waals surface area (Å²) in [4.78, 5) is 26.1. The van der Waals surface area contributed by atoms with E-state index in [-0.39, 0.29) is 36.6 Å². The molecule has 2 aromatic rings. The predicted octanol–water partition coefficient (Wildman–Crippen LogP) is 4.34. The molecule has 2 amide bonds. The van der Waals surface area contributed by atoms with Crippen molar-refractivity contribution in [2.24, 2.45) is 5.92 Å². The first kappa shape index (κ1) is 19.9. The van der Waals surface area contributed by atoms with Crippen LogP contribution in [0.5, 0.6) is 5.75 Å². The highest BCUT2D eigenvalue weighted by Crippen LogP contribution is 2.38. The Labute approximate surface area is 164 Å². The molecule has 1 atom stereocenters. The number of ether oxygens (including phenoxy) is 1. The van der Waals surface area contributed by atoms with Crippen LogP contribution in [0.2, 0.25) is 0 Å². The molecule has 1 unspecified atom stereocenters. The molecule has 0 bridgehead atoms. The van der Waals surface area contributed by atoms with E-state index in [0.717, 1.165) is 12.0 Å². The number of carbonyl (C=O) groups is 2. The minimum absolute atomic E-state index is 0.00897. The van der Waals surface area contributed by atoms with Crippen molar-refractivity contribution < 1.29 is 18.7 Å². The molecule has 0 radical (unpaired) electrons. The summed E-state index contributed by atoms with van der Waals surface area (Å²) < 4.78 is 18.8. The highest BCUT2D eigenvalue weighted by atomic mass is 19.1. The number of benzene rings is 2. The van der Waals surface area contributed by atoms with Crippen LogP contribution in [-0.4, -0.2) is 25.5 Å². The summed E-state index contributed by atoms with van der Waals surface area (Å²) in [6.07, 6.45) is 1.10. The van der Waals surface area contributed by atoms with Gasteiger partial charge in [0.15, 0.2) is 12.4 Å². The zero-order chi connectivity index (χ0) is 20.3. The van der Waals surface area contributed by atoms with Gasteiger partial charge in [-0.2, -0.15) is 0 Å². The molecule has 1 heterocycles. The molecule has 28 heavy (non-hydrogen) atoms. The van der Waals surface area contributed by atoms with Crippen molar-refractivity contribution in [2.45, 2.75) is 32.6 Å². The molecule has 1 aliphatic rings. The van der Waals surface area contributed by atoms with Crippen LogP contribution in [0.1, 0.15) is 38.2 Å². The lowest BCUT2D eigenvalue weighted by Crippen LogP contribution is -2.35. The van der Waals surface area contributed by atoms with E-state index in [1.54, 1.807) is 37.4 Å². The maximum atomic E-state index is 13.3. The van der Waals surface area contributed by atoms with Gasteiger partial charge in [-0.3, -0.25) is 9.59 Å². The largest absolute Gasteiger partial charge is 0.479 e. The number of carbonyl (C=O) groups excluding carboxylic acids is 2. The third-order valence-corrected chi connectivity index (χ3v) is 4.87. The number of nitrogens with one attached hydrogen (secondary N) is 1. The lowest BCUT2D eigenvalue weighted by Gasteiger charge is -2.27. The molecule has 148 valence electrons. The summed E-state index contributed by atoms with van der Waals surface area (Å²) in [7, 11) is 1.68. The fourth-order valence-corrected chi connectivity index (χ4v) is 3.47. The monoisotopic (exact) mass is 384 g/mol. The molecule has 0 saturated carbocycles. The number of likely N-dealkylation sites (N-methyl/N-ethyl adjacent to an activating group) is 1. The molecular weight excluding hydrogens is 359 g/mol. The molecular formula is C22H25FN2O3. The van der Waals surface area contributed by atoms with Gasteiger partial charge in [0.05, 0.1) is 11.4 Å². The van der Waals surface area contributed by atoms with E-state index in [1.165, 1.54) is 17.0 Å². The van der Waals surface area contributed by atoms with Crippen LogP contribution in [0, 0.1) is 11.7 Å². The molecule has 0 saturated heterocycles. The fourth-order valence-electron chi connectivity index (χ4n) is 3.47. The second-order valence-electron chi connectivity index (χ2n) is 7.53. The Balaban J connectivity index is 1.77. The molecule has 0 aromatic heterocycles. The predicted molar refractivity (Wildman–Crippen MR) is 107 cm³/mol. The Bertz CT molecular complexity index is 865. The normalized spacial score (nSPS) is 14.5. The molecule has 1 aliphatic heterocycles. The van der Waals surface area contributed by atoms with Crippen molar-refractivity contribution in [1.82, 2.24) is 0 Å². The van der Waals surface area contributed by atoms with Gasteiger partial charge in [-0.05, 0) is 48.1 Å². The Morgan fingerprint density at radius 2 is 1.93 bits per heavy atom. The Morgan fingerprint density at radius 3 is 2.61 bits per heavy atom. The fraction of sp³-hybridized carbons (Fsp3) is 0.364. The first-order valence-electron chi connectivity index (χ1n) is 9.43. The quantitative estimate of drug-likeness (QED) is 0.806. The minimum Gasteiger partial charge on any atom is -0.479 e. The van der Waals surface area contributed by atoms with E-state index >= 15 is 0 Å². The van der Waals surface area contributed by atoms with Crippen LogP contribution >= 0.6 is 0 Å². The Morgan fingerprint density at radius 1 is 1.21 bits per heavy atom. The highest BCUT2D eigenvalue weighted by molar-refractivity contribution is 6.01. The maximum Gasteiger partial charge on any atom is 0.264 e. The SMILES string of the molecule is CC(C)CC(CC(=O)Nc1cccc2c1OCC(=O)N2C)c1ccc(F)cc1. The second kappa shape index (κ2) is 8.42. The first-order chi connectivity index (χ1) is 13.3. The van der Waals surface area contributed by atoms with E-state index in [1.807, 2.05) is 0 Å². The van der Waals surface area contributed by atoms with Crippen LogP contribution in [0.15, 0.2) is 42.5 Å². The standard InChI is InChI=1S/C22H25FN2O3/c1-14(2)11-16(15-7-9-17(23)10-8-15)12-20(26)24-18-5-4-6-19-22(18)28-13-21(27)25(19)3/h4-10,14,16H,11-13H2,1-3H3,(H,24,26). The molecule has 6 heteroatoms. The number of rotatable bonds is 6. The summed E-state index contributed by atoms with van der Waals surface area (Å²) in [6.45, 7) is 4.15. The van der Waals surface area contributed by atoms with Crippen LogP contribution in [0.4, 0.5) is 15.8 Å². The topological polar surface area (TPSA) is 58.6 Å². The van der Waals surface area contributed by atoms with Gasteiger partial charge in [0.2, 0.25) is 5.91 Å². The highest BCUT2D eigenvalue weighted by Gasteiger charge is 2.25. The van der Waals surface area contributed by atoms with Crippen LogP contribution in [-0.2, 0) is 9.59 Å². The lowest BCUT2D eigenvalue weighted by molar-refractivity contribution is -0.121. The number of nitrogens with zero attached hydrogens (tertiary/aromatic N) is 1. The molecule has 0 fully saturated rings. The molecule has 5 nitrogen and oxygen atoms in total. The number of amides is 2. The van der Waals surface area contributed by atoms with E-state index in [2.05, 4.69) is 19.2 Å². The van der Waals surface area contributed by atoms with E-state index in [0.29, 0.717) is 23.0 Å². The van der Waals surface area contributed by atoms with Crippen molar-refractivity contribution >= 4 is 23.2 Å². The Hall–Kier alpha value is -2.89. The maximum absolute atomic E-state index is 13.3. The van der Waals surface area contributed by atoms with Gasteiger partial charge in [-0.15, -0.1) is 0 Å². The Kier molecular flexibility index (Phi) is 5.97. The molecule has 2 aromatic carbocycles. The molecule has 0 aliphatic carbocycles. The van der Waals surface area contributed by atoms with Gasteiger partial charge in [0.25, 0.3) is 5.91 Å². The molecule has 0 spiro atoms.